The molecule has 1 unspecified atom stereocenters. The number of anilines is 1. The van der Waals surface area contributed by atoms with Gasteiger partial charge in [0, 0.05) is 11.3 Å². The second-order valence-corrected chi connectivity index (χ2v) is 10.1. The molecule has 2 amide bonds. The molecule has 14 heteroatoms. The van der Waals surface area contributed by atoms with E-state index in [0.29, 0.717) is 11.4 Å². The molecule has 0 fully saturated rings. The van der Waals surface area contributed by atoms with Gasteiger partial charge in [0.25, 0.3) is 0 Å². The summed E-state index contributed by atoms with van der Waals surface area (Å²) in [5, 5.41) is 5.07. The third kappa shape index (κ3) is 6.47. The zero-order valence-corrected chi connectivity index (χ0v) is 19.5. The van der Waals surface area contributed by atoms with Crippen LogP contribution in [0.4, 0.5) is 36.8 Å². The molecule has 1 atom stereocenters. The smallest absolute Gasteiger partial charge is 0.416 e. The molecule has 0 radical (unpaired) electrons. The molecule has 0 bridgehead atoms. The highest BCUT2D eigenvalue weighted by Gasteiger charge is 2.40. The zero-order chi connectivity index (χ0) is 26.7. The van der Waals surface area contributed by atoms with Crippen molar-refractivity contribution in [2.24, 2.45) is 5.10 Å². The molecule has 0 saturated heterocycles. The number of hydrazone groups is 1. The summed E-state index contributed by atoms with van der Waals surface area (Å²) in [6.45, 7) is 1.15. The van der Waals surface area contributed by atoms with Crippen LogP contribution in [0, 0.1) is 0 Å². The summed E-state index contributed by atoms with van der Waals surface area (Å²) in [5.74, 6) is -0.735. The minimum Gasteiger partial charge on any atom is -0.473 e. The largest absolute Gasteiger partial charge is 0.473 e. The fourth-order valence-electron chi connectivity index (χ4n) is 3.22. The standard InChI is InChI=1S/C22H21F6N3O4S/c1-2-3-11-36(33,34)18-13-35-19(14-5-4-6-16(12-14)22(26,27)28)30-31(18)20(32)29-17-9-7-15(8-10-17)21(23,24)25/h4-10,12,18H,2-3,11,13H2,1H3,(H,29,32). The monoisotopic (exact) mass is 537 g/mol. The summed E-state index contributed by atoms with van der Waals surface area (Å²) in [4.78, 5) is 13.0. The quantitative estimate of drug-likeness (QED) is 0.494. The van der Waals surface area contributed by atoms with Gasteiger partial charge < -0.3 is 10.1 Å². The van der Waals surface area contributed by atoms with Crippen LogP contribution in [-0.2, 0) is 26.9 Å². The minimum absolute atomic E-state index is 0.0833. The Morgan fingerprint density at radius 2 is 1.69 bits per heavy atom. The number of urea groups is 1. The van der Waals surface area contributed by atoms with Crippen LogP contribution >= 0.6 is 0 Å². The third-order valence-electron chi connectivity index (χ3n) is 5.14. The highest BCUT2D eigenvalue weighted by Crippen LogP contribution is 2.31. The minimum atomic E-state index is -4.67. The molecule has 0 spiro atoms. The molecule has 1 heterocycles. The summed E-state index contributed by atoms with van der Waals surface area (Å²) >= 11 is 0. The van der Waals surface area contributed by atoms with Crippen molar-refractivity contribution in [2.45, 2.75) is 37.5 Å². The van der Waals surface area contributed by atoms with Crippen molar-refractivity contribution >= 4 is 27.5 Å². The maximum absolute atomic E-state index is 13.1. The number of benzene rings is 2. The highest BCUT2D eigenvalue weighted by molar-refractivity contribution is 7.92. The van der Waals surface area contributed by atoms with E-state index in [1.807, 2.05) is 0 Å². The molecule has 2 aromatic rings. The number of nitrogens with one attached hydrogen (secondary N) is 1. The maximum atomic E-state index is 13.1. The number of carbonyl (C=O) groups excluding carboxylic acids is 1. The van der Waals surface area contributed by atoms with Crippen LogP contribution in [-0.4, -0.2) is 43.1 Å². The van der Waals surface area contributed by atoms with E-state index in [9.17, 15) is 39.6 Å². The molecule has 1 aliphatic rings. The summed E-state index contributed by atoms with van der Waals surface area (Å²) in [7, 11) is -3.99. The molecular formula is C22H21F6N3O4S. The van der Waals surface area contributed by atoms with E-state index in [2.05, 4.69) is 10.4 Å². The maximum Gasteiger partial charge on any atom is 0.416 e. The Morgan fingerprint density at radius 3 is 2.28 bits per heavy atom. The fourth-order valence-corrected chi connectivity index (χ4v) is 4.90. The number of amides is 2. The lowest BCUT2D eigenvalue weighted by Crippen LogP contribution is -2.50. The van der Waals surface area contributed by atoms with Crippen molar-refractivity contribution in [1.29, 1.82) is 0 Å². The van der Waals surface area contributed by atoms with Crippen LogP contribution < -0.4 is 5.32 Å². The third-order valence-corrected chi connectivity index (χ3v) is 7.16. The zero-order valence-electron chi connectivity index (χ0n) is 18.7. The van der Waals surface area contributed by atoms with E-state index < -0.39 is 57.2 Å². The topological polar surface area (TPSA) is 88.1 Å². The molecule has 36 heavy (non-hydrogen) atoms. The van der Waals surface area contributed by atoms with Gasteiger partial charge in [0.2, 0.25) is 5.90 Å². The van der Waals surface area contributed by atoms with Crippen LogP contribution in [0.3, 0.4) is 0 Å². The number of halogens is 6. The fraction of sp³-hybridized carbons (Fsp3) is 0.364. The Hall–Kier alpha value is -3.29. The lowest BCUT2D eigenvalue weighted by molar-refractivity contribution is -0.138. The number of hydrogen-bond acceptors (Lipinski definition) is 5. The van der Waals surface area contributed by atoms with Gasteiger partial charge in [-0.15, -0.1) is 5.10 Å². The Kier molecular flexibility index (Phi) is 7.86. The number of carbonyl (C=O) groups is 1. The second kappa shape index (κ2) is 10.4. The first kappa shape index (κ1) is 27.3. The number of unbranched alkanes of at least 4 members (excludes halogenated alkanes) is 1. The number of nitrogens with zero attached hydrogens (tertiary/aromatic N) is 2. The van der Waals surface area contributed by atoms with Gasteiger partial charge in [-0.2, -0.15) is 31.4 Å². The van der Waals surface area contributed by atoms with Gasteiger partial charge in [0.05, 0.1) is 16.9 Å². The molecular weight excluding hydrogens is 516 g/mol. The SMILES string of the molecule is CCCCS(=O)(=O)C1COC(c2cccc(C(F)(F)F)c2)=NN1C(=O)Nc1ccc(C(F)(F)F)cc1. The molecule has 0 saturated carbocycles. The van der Waals surface area contributed by atoms with E-state index >= 15 is 0 Å². The summed E-state index contributed by atoms with van der Waals surface area (Å²) < 4.78 is 109. The van der Waals surface area contributed by atoms with E-state index in [4.69, 9.17) is 4.74 Å². The van der Waals surface area contributed by atoms with Crippen molar-refractivity contribution in [3.63, 3.8) is 0 Å². The predicted octanol–water partition coefficient (Wildman–Crippen LogP) is 5.49. The number of hydrogen-bond donors (Lipinski definition) is 1. The van der Waals surface area contributed by atoms with Gasteiger partial charge in [-0.3, -0.25) is 0 Å². The number of alkyl halides is 6. The van der Waals surface area contributed by atoms with Gasteiger partial charge in [-0.05, 0) is 48.9 Å². The van der Waals surface area contributed by atoms with Crippen LogP contribution in [0.25, 0.3) is 0 Å². The molecule has 1 aliphatic heterocycles. The first-order valence-electron chi connectivity index (χ1n) is 10.6. The van der Waals surface area contributed by atoms with Gasteiger partial charge in [-0.1, -0.05) is 19.4 Å². The van der Waals surface area contributed by atoms with Crippen molar-refractivity contribution in [1.82, 2.24) is 5.01 Å². The van der Waals surface area contributed by atoms with Crippen molar-refractivity contribution in [2.75, 3.05) is 17.7 Å². The molecule has 3 rings (SSSR count). The van der Waals surface area contributed by atoms with E-state index in [1.165, 1.54) is 6.07 Å². The normalized spacial score (nSPS) is 16.8. The first-order valence-corrected chi connectivity index (χ1v) is 12.3. The average Bonchev–Trinajstić information content (AvgIpc) is 2.81. The van der Waals surface area contributed by atoms with E-state index in [1.54, 1.807) is 6.92 Å². The molecule has 7 nitrogen and oxygen atoms in total. The van der Waals surface area contributed by atoms with Crippen LogP contribution in [0.2, 0.25) is 0 Å². The van der Waals surface area contributed by atoms with Crippen LogP contribution in [0.1, 0.15) is 36.5 Å². The molecule has 1 N–H and O–H groups in total. The Bertz CT molecular complexity index is 1230. The summed E-state index contributed by atoms with van der Waals surface area (Å²) in [6, 6.07) is 6.16. The van der Waals surface area contributed by atoms with E-state index in [-0.39, 0.29) is 23.4 Å². The summed E-state index contributed by atoms with van der Waals surface area (Å²) in [5.41, 5.74) is -2.21. The van der Waals surface area contributed by atoms with Gasteiger partial charge in [0.1, 0.15) is 6.61 Å². The number of sulfone groups is 1. The Morgan fingerprint density at radius 1 is 1.06 bits per heavy atom. The average molecular weight is 537 g/mol. The Balaban J connectivity index is 1.96. The molecule has 196 valence electrons. The van der Waals surface area contributed by atoms with Gasteiger partial charge in [-0.25, -0.2) is 13.2 Å². The lowest BCUT2D eigenvalue weighted by Gasteiger charge is -2.32. The number of ether oxygens (including phenoxy) is 1. The van der Waals surface area contributed by atoms with Crippen molar-refractivity contribution in [3.05, 3.63) is 65.2 Å². The van der Waals surface area contributed by atoms with Gasteiger partial charge in [0.15, 0.2) is 15.2 Å². The van der Waals surface area contributed by atoms with Crippen LogP contribution in [0.5, 0.6) is 0 Å². The number of rotatable bonds is 6. The van der Waals surface area contributed by atoms with Crippen molar-refractivity contribution < 1.29 is 44.3 Å². The molecule has 0 aliphatic carbocycles. The molecule has 0 aromatic heterocycles. The van der Waals surface area contributed by atoms with E-state index in [0.717, 1.165) is 42.5 Å². The lowest BCUT2D eigenvalue weighted by atomic mass is 10.1. The van der Waals surface area contributed by atoms with Gasteiger partial charge >= 0.3 is 18.4 Å². The van der Waals surface area contributed by atoms with Crippen molar-refractivity contribution in [3.8, 4) is 0 Å². The second-order valence-electron chi connectivity index (χ2n) is 7.82. The van der Waals surface area contributed by atoms with Crippen LogP contribution in [0.15, 0.2) is 53.6 Å². The predicted molar refractivity (Wildman–Crippen MR) is 119 cm³/mol. The Labute approximate surface area is 202 Å². The highest BCUT2D eigenvalue weighted by atomic mass is 32.2. The first-order chi connectivity index (χ1) is 16.7. The summed E-state index contributed by atoms with van der Waals surface area (Å²) in [6.07, 6.45) is -8.47. The molecule has 2 aromatic carbocycles.